The van der Waals surface area contributed by atoms with E-state index in [1.54, 1.807) is 45.5 Å². The summed E-state index contributed by atoms with van der Waals surface area (Å²) in [5.74, 6) is 0.388. The van der Waals surface area contributed by atoms with E-state index in [9.17, 15) is 14.4 Å². The van der Waals surface area contributed by atoms with Gasteiger partial charge in [0.2, 0.25) is 11.7 Å². The van der Waals surface area contributed by atoms with Gasteiger partial charge in [-0.15, -0.1) is 10.2 Å². The van der Waals surface area contributed by atoms with Crippen LogP contribution in [0, 0.1) is 0 Å². The van der Waals surface area contributed by atoms with Crippen LogP contribution in [0.3, 0.4) is 0 Å². The molecule has 0 saturated heterocycles. The number of hydrogen-bond acceptors (Lipinski definition) is 5. The molecule has 3 heterocycles. The zero-order valence-corrected chi connectivity index (χ0v) is 17.2. The van der Waals surface area contributed by atoms with Crippen molar-refractivity contribution in [1.29, 1.82) is 0 Å². The highest BCUT2D eigenvalue weighted by Gasteiger charge is 2.29. The highest BCUT2D eigenvalue weighted by atomic mass is 16.2. The number of hydrogen-bond donors (Lipinski definition) is 0. The van der Waals surface area contributed by atoms with Gasteiger partial charge in [-0.1, -0.05) is 12.6 Å². The molecular formula is C21H24N6O3. The molecule has 0 N–H and O–H groups in total. The van der Waals surface area contributed by atoms with Gasteiger partial charge in [-0.3, -0.25) is 14.4 Å². The van der Waals surface area contributed by atoms with Crippen molar-refractivity contribution in [3.63, 3.8) is 0 Å². The molecule has 0 radical (unpaired) electrons. The Bertz CT molecular complexity index is 1040. The number of aromatic nitrogens is 3. The normalized spacial score (nSPS) is 15.5. The zero-order valence-electron chi connectivity index (χ0n) is 17.2. The van der Waals surface area contributed by atoms with Gasteiger partial charge in [0.15, 0.2) is 5.82 Å². The topological polar surface area (TPSA) is 91.6 Å². The minimum Gasteiger partial charge on any atom is -0.337 e. The average molecular weight is 408 g/mol. The third kappa shape index (κ3) is 3.26. The van der Waals surface area contributed by atoms with Crippen molar-refractivity contribution in [3.05, 3.63) is 53.6 Å². The fourth-order valence-electron chi connectivity index (χ4n) is 4.02. The van der Waals surface area contributed by atoms with E-state index < -0.39 is 0 Å². The molecule has 2 aliphatic rings. The van der Waals surface area contributed by atoms with Crippen LogP contribution in [0.2, 0.25) is 0 Å². The third-order valence-electron chi connectivity index (χ3n) is 5.67. The second-order valence-corrected chi connectivity index (χ2v) is 7.58. The molecule has 9 heteroatoms. The SMILES string of the molecule is C=CC(=O)N1CCCc2c(C(=O)N(C)Cc3nnc4n3CCN(C)C4=O)cccc21. The molecule has 9 nitrogen and oxygen atoms in total. The molecule has 0 spiro atoms. The lowest BCUT2D eigenvalue weighted by Crippen LogP contribution is -2.39. The summed E-state index contributed by atoms with van der Waals surface area (Å²) < 4.78 is 1.77. The molecule has 156 valence electrons. The van der Waals surface area contributed by atoms with Gasteiger partial charge in [0, 0.05) is 45.0 Å². The smallest absolute Gasteiger partial charge is 0.291 e. The van der Waals surface area contributed by atoms with Gasteiger partial charge >= 0.3 is 0 Å². The quantitative estimate of drug-likeness (QED) is 0.707. The number of likely N-dealkylation sites (N-methyl/N-ethyl adjacent to an activating group) is 1. The molecular weight excluding hydrogens is 384 g/mol. The predicted molar refractivity (Wildman–Crippen MR) is 110 cm³/mol. The standard InChI is InChI=1S/C21H24N6O3/c1-4-18(28)26-10-6-8-14-15(7-5-9-16(14)26)20(29)25(3)13-17-22-23-19-21(30)24(2)11-12-27(17)19/h4-5,7,9H,1,6,8,10-13H2,2-3H3. The van der Waals surface area contributed by atoms with Gasteiger partial charge in [-0.05, 0) is 36.6 Å². The number of rotatable bonds is 4. The molecule has 4 rings (SSSR count). The molecule has 0 fully saturated rings. The van der Waals surface area contributed by atoms with Crippen molar-refractivity contribution in [2.75, 3.05) is 32.1 Å². The van der Waals surface area contributed by atoms with Crippen molar-refractivity contribution in [3.8, 4) is 0 Å². The lowest BCUT2D eigenvalue weighted by atomic mass is 9.95. The highest BCUT2D eigenvalue weighted by Crippen LogP contribution is 2.31. The van der Waals surface area contributed by atoms with Crippen LogP contribution >= 0.6 is 0 Å². The summed E-state index contributed by atoms with van der Waals surface area (Å²) in [5, 5.41) is 8.15. The number of fused-ring (bicyclic) bond motifs is 2. The molecule has 0 unspecified atom stereocenters. The summed E-state index contributed by atoms with van der Waals surface area (Å²) in [4.78, 5) is 42.5. The molecule has 0 aliphatic carbocycles. The van der Waals surface area contributed by atoms with E-state index >= 15 is 0 Å². The van der Waals surface area contributed by atoms with E-state index in [1.165, 1.54) is 6.08 Å². The molecule has 3 amide bonds. The van der Waals surface area contributed by atoms with Gasteiger partial charge in [0.05, 0.1) is 6.54 Å². The van der Waals surface area contributed by atoms with Crippen LogP contribution in [0.5, 0.6) is 0 Å². The zero-order chi connectivity index (χ0) is 21.4. The van der Waals surface area contributed by atoms with Crippen molar-refractivity contribution in [2.45, 2.75) is 25.9 Å². The highest BCUT2D eigenvalue weighted by molar-refractivity contribution is 6.04. The van der Waals surface area contributed by atoms with Gasteiger partial charge < -0.3 is 19.3 Å². The summed E-state index contributed by atoms with van der Waals surface area (Å²) in [5.41, 5.74) is 2.21. The summed E-state index contributed by atoms with van der Waals surface area (Å²) in [6, 6.07) is 5.45. The third-order valence-corrected chi connectivity index (χ3v) is 5.67. The van der Waals surface area contributed by atoms with E-state index in [-0.39, 0.29) is 24.3 Å². The van der Waals surface area contributed by atoms with E-state index in [2.05, 4.69) is 16.8 Å². The first kappa shape index (κ1) is 19.8. The average Bonchev–Trinajstić information content (AvgIpc) is 3.17. The summed E-state index contributed by atoms with van der Waals surface area (Å²) in [7, 11) is 3.43. The Labute approximate surface area is 174 Å². The van der Waals surface area contributed by atoms with Crippen LogP contribution in [0.25, 0.3) is 0 Å². The van der Waals surface area contributed by atoms with Crippen LogP contribution in [-0.4, -0.2) is 69.5 Å². The summed E-state index contributed by atoms with van der Waals surface area (Å²) >= 11 is 0. The minimum absolute atomic E-state index is 0.156. The van der Waals surface area contributed by atoms with Crippen LogP contribution in [0.4, 0.5) is 5.69 Å². The molecule has 30 heavy (non-hydrogen) atoms. The maximum atomic E-state index is 13.2. The second kappa shape index (κ2) is 7.74. The predicted octanol–water partition coefficient (Wildman–Crippen LogP) is 1.10. The van der Waals surface area contributed by atoms with E-state index in [0.717, 1.165) is 24.1 Å². The van der Waals surface area contributed by atoms with Gasteiger partial charge in [-0.25, -0.2) is 0 Å². The summed E-state index contributed by atoms with van der Waals surface area (Å²) in [6.07, 6.45) is 2.81. The Morgan fingerprint density at radius 3 is 2.80 bits per heavy atom. The number of nitrogens with zero attached hydrogens (tertiary/aromatic N) is 6. The Morgan fingerprint density at radius 2 is 2.03 bits per heavy atom. The molecule has 1 aromatic carbocycles. The van der Waals surface area contributed by atoms with E-state index in [4.69, 9.17) is 0 Å². The lowest BCUT2D eigenvalue weighted by Gasteiger charge is -2.30. The maximum absolute atomic E-state index is 13.2. The molecule has 2 aliphatic heterocycles. The first-order valence-corrected chi connectivity index (χ1v) is 9.91. The second-order valence-electron chi connectivity index (χ2n) is 7.58. The van der Waals surface area contributed by atoms with Gasteiger partial charge in [0.1, 0.15) is 0 Å². The van der Waals surface area contributed by atoms with Gasteiger partial charge in [-0.2, -0.15) is 0 Å². The Hall–Kier alpha value is -3.49. The number of benzene rings is 1. The summed E-state index contributed by atoms with van der Waals surface area (Å²) in [6.45, 7) is 5.60. The Morgan fingerprint density at radius 1 is 1.23 bits per heavy atom. The molecule has 2 aromatic rings. The van der Waals surface area contributed by atoms with Crippen LogP contribution < -0.4 is 4.90 Å². The fourth-order valence-corrected chi connectivity index (χ4v) is 4.02. The minimum atomic E-state index is -0.168. The Balaban J connectivity index is 1.59. The largest absolute Gasteiger partial charge is 0.337 e. The van der Waals surface area contributed by atoms with Crippen LogP contribution in [-0.2, 0) is 24.3 Å². The van der Waals surface area contributed by atoms with Gasteiger partial charge in [0.25, 0.3) is 11.8 Å². The number of carbonyl (C=O) groups excluding carboxylic acids is 3. The molecule has 1 aromatic heterocycles. The van der Waals surface area contributed by atoms with E-state index in [0.29, 0.717) is 36.8 Å². The van der Waals surface area contributed by atoms with Crippen molar-refractivity contribution >= 4 is 23.4 Å². The van der Waals surface area contributed by atoms with Crippen molar-refractivity contribution < 1.29 is 14.4 Å². The molecule has 0 saturated carbocycles. The fraction of sp³-hybridized carbons (Fsp3) is 0.381. The van der Waals surface area contributed by atoms with Crippen molar-refractivity contribution in [2.24, 2.45) is 0 Å². The van der Waals surface area contributed by atoms with Crippen molar-refractivity contribution in [1.82, 2.24) is 24.6 Å². The first-order valence-electron chi connectivity index (χ1n) is 9.91. The first-order chi connectivity index (χ1) is 14.4. The number of anilines is 1. The number of amides is 3. The van der Waals surface area contributed by atoms with Crippen LogP contribution in [0.15, 0.2) is 30.9 Å². The Kier molecular flexibility index (Phi) is 5.11. The molecule has 0 atom stereocenters. The maximum Gasteiger partial charge on any atom is 0.291 e. The molecule has 0 bridgehead atoms. The van der Waals surface area contributed by atoms with E-state index in [1.807, 2.05) is 6.07 Å². The monoisotopic (exact) mass is 408 g/mol. The number of carbonyl (C=O) groups is 3. The van der Waals surface area contributed by atoms with Crippen LogP contribution in [0.1, 0.15) is 38.8 Å². The lowest BCUT2D eigenvalue weighted by molar-refractivity contribution is -0.114.